The zero-order valence-electron chi connectivity index (χ0n) is 13.9. The predicted molar refractivity (Wildman–Crippen MR) is 97.2 cm³/mol. The number of hydrogen-bond donors (Lipinski definition) is 2. The summed E-state index contributed by atoms with van der Waals surface area (Å²) in [7, 11) is 0. The van der Waals surface area contributed by atoms with Gasteiger partial charge in [-0.3, -0.25) is 0 Å². The lowest BCUT2D eigenvalue weighted by molar-refractivity contribution is 0.130. The lowest BCUT2D eigenvalue weighted by atomic mass is 9.97. The number of hydrogen-bond acceptors (Lipinski definition) is 3. The zero-order chi connectivity index (χ0) is 16.2. The van der Waals surface area contributed by atoms with Gasteiger partial charge in [0.1, 0.15) is 11.4 Å². The zero-order valence-corrected chi connectivity index (χ0v) is 14.7. The second-order valence-electron chi connectivity index (χ2n) is 6.57. The Morgan fingerprint density at radius 2 is 1.57 bits per heavy atom. The summed E-state index contributed by atoms with van der Waals surface area (Å²) in [6.07, 6.45) is -0.0702. The molecule has 3 nitrogen and oxygen atoms in total. The Balaban J connectivity index is 0.00000264. The fraction of sp³-hybridized carbons (Fsp3) is 0.368. The highest BCUT2D eigenvalue weighted by Gasteiger charge is 2.18. The largest absolute Gasteiger partial charge is 0.488 e. The molecule has 0 aliphatic rings. The van der Waals surface area contributed by atoms with Crippen molar-refractivity contribution in [3.8, 4) is 5.75 Å². The van der Waals surface area contributed by atoms with Crippen molar-refractivity contribution >= 4 is 12.4 Å². The predicted octanol–water partition coefficient (Wildman–Crippen LogP) is 3.89. The molecule has 0 aromatic heterocycles. The Kier molecular flexibility index (Phi) is 7.07. The maximum atomic E-state index is 10.3. The van der Waals surface area contributed by atoms with E-state index >= 15 is 0 Å². The van der Waals surface area contributed by atoms with Crippen LogP contribution in [0.5, 0.6) is 5.75 Å². The van der Waals surface area contributed by atoms with Gasteiger partial charge in [-0.25, -0.2) is 0 Å². The number of aliphatic hydroxyl groups excluding tert-OH is 1. The van der Waals surface area contributed by atoms with E-state index in [0.717, 1.165) is 16.9 Å². The van der Waals surface area contributed by atoms with Crippen molar-refractivity contribution in [3.63, 3.8) is 0 Å². The van der Waals surface area contributed by atoms with E-state index in [2.05, 4.69) is 0 Å². The third-order valence-corrected chi connectivity index (χ3v) is 3.39. The number of ether oxygens (including phenoxy) is 1. The molecule has 0 fully saturated rings. The molecule has 23 heavy (non-hydrogen) atoms. The van der Waals surface area contributed by atoms with Gasteiger partial charge in [0, 0.05) is 6.42 Å². The van der Waals surface area contributed by atoms with E-state index < -0.39 is 12.1 Å². The molecular formula is C19H26ClNO2. The van der Waals surface area contributed by atoms with Gasteiger partial charge < -0.3 is 15.6 Å². The first-order valence-corrected chi connectivity index (χ1v) is 7.62. The number of rotatable bonds is 5. The minimum Gasteiger partial charge on any atom is -0.488 e. The molecule has 0 spiro atoms. The highest BCUT2D eigenvalue weighted by Crippen LogP contribution is 2.23. The normalized spacial score (nSPS) is 13.8. The summed E-state index contributed by atoms with van der Waals surface area (Å²) in [5.74, 6) is 0.806. The number of benzene rings is 2. The molecule has 0 heterocycles. The van der Waals surface area contributed by atoms with Crippen LogP contribution in [0.3, 0.4) is 0 Å². The first-order chi connectivity index (χ1) is 10.3. The summed E-state index contributed by atoms with van der Waals surface area (Å²) in [5, 5.41) is 10.3. The Labute approximate surface area is 144 Å². The standard InChI is InChI=1S/C19H25NO2.ClH/c1-19(2,3)22-16-11-9-15(10-12-16)18(20)17(21)13-14-7-5-4-6-8-14;/h4-12,17-18,21H,13,20H2,1-3H3;1H/t17-,18+;/m1./s1. The Hall–Kier alpha value is -1.55. The molecule has 0 radical (unpaired) electrons. The molecule has 0 saturated heterocycles. The SMILES string of the molecule is CC(C)(C)Oc1ccc([C@H](N)[C@H](O)Cc2ccccc2)cc1.Cl. The molecule has 0 amide bonds. The highest BCUT2D eigenvalue weighted by atomic mass is 35.5. The second-order valence-corrected chi connectivity index (χ2v) is 6.57. The smallest absolute Gasteiger partial charge is 0.120 e. The summed E-state index contributed by atoms with van der Waals surface area (Å²) in [5.41, 5.74) is 7.94. The van der Waals surface area contributed by atoms with E-state index in [-0.39, 0.29) is 18.0 Å². The van der Waals surface area contributed by atoms with Crippen molar-refractivity contribution < 1.29 is 9.84 Å². The number of nitrogens with two attached hydrogens (primary N) is 1. The van der Waals surface area contributed by atoms with Gasteiger partial charge in [0.25, 0.3) is 0 Å². The van der Waals surface area contributed by atoms with Crippen LogP contribution in [0.15, 0.2) is 54.6 Å². The lowest BCUT2D eigenvalue weighted by Crippen LogP contribution is -2.28. The van der Waals surface area contributed by atoms with E-state index in [1.165, 1.54) is 0 Å². The van der Waals surface area contributed by atoms with Crippen LogP contribution < -0.4 is 10.5 Å². The van der Waals surface area contributed by atoms with Crippen molar-refractivity contribution in [2.45, 2.75) is 44.9 Å². The molecule has 2 atom stereocenters. The van der Waals surface area contributed by atoms with Gasteiger partial charge >= 0.3 is 0 Å². The van der Waals surface area contributed by atoms with Gasteiger partial charge in [0.15, 0.2) is 0 Å². The van der Waals surface area contributed by atoms with Gasteiger partial charge in [-0.15, -0.1) is 12.4 Å². The Morgan fingerprint density at radius 3 is 2.09 bits per heavy atom. The molecule has 4 heteroatoms. The highest BCUT2D eigenvalue weighted by molar-refractivity contribution is 5.85. The first kappa shape index (κ1) is 19.5. The third-order valence-electron chi connectivity index (χ3n) is 3.39. The van der Waals surface area contributed by atoms with Crippen molar-refractivity contribution in [3.05, 3.63) is 65.7 Å². The fourth-order valence-electron chi connectivity index (χ4n) is 2.32. The maximum Gasteiger partial charge on any atom is 0.120 e. The van der Waals surface area contributed by atoms with Crippen LogP contribution in [0, 0.1) is 0 Å². The molecule has 0 aliphatic carbocycles. The monoisotopic (exact) mass is 335 g/mol. The number of aliphatic hydroxyl groups is 1. The quantitative estimate of drug-likeness (QED) is 0.871. The van der Waals surface area contributed by atoms with Gasteiger partial charge in [0.2, 0.25) is 0 Å². The van der Waals surface area contributed by atoms with Crippen LogP contribution >= 0.6 is 12.4 Å². The van der Waals surface area contributed by atoms with E-state index in [4.69, 9.17) is 10.5 Å². The molecule has 0 saturated carbocycles. The van der Waals surface area contributed by atoms with E-state index in [1.807, 2.05) is 75.4 Å². The van der Waals surface area contributed by atoms with Gasteiger partial charge in [-0.1, -0.05) is 42.5 Å². The molecule has 3 N–H and O–H groups in total. The minimum absolute atomic E-state index is 0. The van der Waals surface area contributed by atoms with Crippen molar-refractivity contribution in [2.24, 2.45) is 5.73 Å². The molecule has 0 aliphatic heterocycles. The molecule has 2 rings (SSSR count). The van der Waals surface area contributed by atoms with E-state index in [9.17, 15) is 5.11 Å². The van der Waals surface area contributed by atoms with Crippen LogP contribution in [0.25, 0.3) is 0 Å². The van der Waals surface area contributed by atoms with Crippen LogP contribution in [-0.4, -0.2) is 16.8 Å². The lowest BCUT2D eigenvalue weighted by Gasteiger charge is -2.23. The first-order valence-electron chi connectivity index (χ1n) is 7.62. The Morgan fingerprint density at radius 1 is 1.00 bits per heavy atom. The van der Waals surface area contributed by atoms with Gasteiger partial charge in [-0.2, -0.15) is 0 Å². The van der Waals surface area contributed by atoms with Crippen LogP contribution in [0.1, 0.15) is 37.9 Å². The molecule has 0 unspecified atom stereocenters. The second kappa shape index (κ2) is 8.34. The molecule has 2 aromatic rings. The number of halogens is 1. The van der Waals surface area contributed by atoms with Crippen LogP contribution in [0.2, 0.25) is 0 Å². The fourth-order valence-corrected chi connectivity index (χ4v) is 2.32. The molecular weight excluding hydrogens is 310 g/mol. The summed E-state index contributed by atoms with van der Waals surface area (Å²) in [6.45, 7) is 6.03. The Bertz CT molecular complexity index is 579. The molecule has 126 valence electrons. The summed E-state index contributed by atoms with van der Waals surface area (Å²) < 4.78 is 5.79. The third kappa shape index (κ3) is 6.22. The molecule has 0 bridgehead atoms. The topological polar surface area (TPSA) is 55.5 Å². The summed E-state index contributed by atoms with van der Waals surface area (Å²) >= 11 is 0. The average Bonchev–Trinajstić information content (AvgIpc) is 2.46. The van der Waals surface area contributed by atoms with Gasteiger partial charge in [0.05, 0.1) is 12.1 Å². The van der Waals surface area contributed by atoms with Crippen LogP contribution in [-0.2, 0) is 6.42 Å². The van der Waals surface area contributed by atoms with Crippen molar-refractivity contribution in [1.29, 1.82) is 0 Å². The van der Waals surface area contributed by atoms with E-state index in [1.54, 1.807) is 0 Å². The maximum absolute atomic E-state index is 10.3. The van der Waals surface area contributed by atoms with E-state index in [0.29, 0.717) is 6.42 Å². The van der Waals surface area contributed by atoms with Crippen molar-refractivity contribution in [1.82, 2.24) is 0 Å². The minimum atomic E-state index is -0.614. The van der Waals surface area contributed by atoms with Crippen LogP contribution in [0.4, 0.5) is 0 Å². The average molecular weight is 336 g/mol. The van der Waals surface area contributed by atoms with Gasteiger partial charge in [-0.05, 0) is 44.0 Å². The summed E-state index contributed by atoms with van der Waals surface area (Å²) in [4.78, 5) is 0. The summed E-state index contributed by atoms with van der Waals surface area (Å²) in [6, 6.07) is 17.1. The molecule has 2 aromatic carbocycles. The van der Waals surface area contributed by atoms with Crippen molar-refractivity contribution in [2.75, 3.05) is 0 Å².